The molecular formula is C27H20Cl2N2O4. The molecule has 5 aromatic rings. The predicted octanol–water partition coefficient (Wildman–Crippen LogP) is 7.94. The minimum absolute atomic E-state index is 0.108. The number of methoxy groups -OCH3 is 1. The molecule has 0 aliphatic rings. The van der Waals surface area contributed by atoms with Crippen LogP contribution in [0, 0.1) is 13.8 Å². The van der Waals surface area contributed by atoms with Crippen molar-refractivity contribution in [3.8, 4) is 28.5 Å². The molecule has 0 atom stereocenters. The molecule has 2 heterocycles. The van der Waals surface area contributed by atoms with Crippen molar-refractivity contribution in [3.05, 3.63) is 87.6 Å². The number of aryl methyl sites for hydroxylation is 2. The van der Waals surface area contributed by atoms with Gasteiger partial charge in [0.25, 0.3) is 5.91 Å². The topological polar surface area (TPSA) is 77.5 Å². The molecule has 0 fully saturated rings. The highest BCUT2D eigenvalue weighted by molar-refractivity contribution is 6.35. The van der Waals surface area contributed by atoms with Crippen molar-refractivity contribution in [1.29, 1.82) is 0 Å². The fourth-order valence-electron chi connectivity index (χ4n) is 3.72. The Bertz CT molecular complexity index is 1550. The average Bonchev–Trinajstić information content (AvgIpc) is 3.48. The smallest absolute Gasteiger partial charge is 0.291 e. The zero-order valence-electron chi connectivity index (χ0n) is 19.1. The van der Waals surface area contributed by atoms with Crippen LogP contribution in [0.25, 0.3) is 33.9 Å². The molecule has 6 nitrogen and oxygen atoms in total. The Labute approximate surface area is 211 Å². The average molecular weight is 507 g/mol. The van der Waals surface area contributed by atoms with Gasteiger partial charge in [-0.25, -0.2) is 4.98 Å². The maximum Gasteiger partial charge on any atom is 0.291 e. The van der Waals surface area contributed by atoms with Crippen LogP contribution in [0.4, 0.5) is 5.69 Å². The zero-order valence-corrected chi connectivity index (χ0v) is 20.6. The Balaban J connectivity index is 1.44. The lowest BCUT2D eigenvalue weighted by molar-refractivity contribution is 0.0997. The fourth-order valence-corrected chi connectivity index (χ4v) is 4.10. The first-order chi connectivity index (χ1) is 16.8. The molecule has 0 aliphatic carbocycles. The fraction of sp³-hybridized carbons (Fsp3) is 0.111. The molecule has 176 valence electrons. The summed E-state index contributed by atoms with van der Waals surface area (Å²) in [6.07, 6.45) is 0. The summed E-state index contributed by atoms with van der Waals surface area (Å²) in [6, 6.07) is 17.6. The largest absolute Gasteiger partial charge is 0.495 e. The minimum atomic E-state index is -0.450. The van der Waals surface area contributed by atoms with E-state index in [0.29, 0.717) is 49.8 Å². The molecular weight excluding hydrogens is 487 g/mol. The van der Waals surface area contributed by atoms with E-state index in [2.05, 4.69) is 10.3 Å². The van der Waals surface area contributed by atoms with Crippen LogP contribution in [0.1, 0.15) is 21.7 Å². The zero-order chi connectivity index (χ0) is 24.7. The number of hydrogen-bond acceptors (Lipinski definition) is 5. The molecule has 0 unspecified atom stereocenters. The number of ether oxygens (including phenoxy) is 1. The maximum atomic E-state index is 13.0. The number of furan rings is 1. The van der Waals surface area contributed by atoms with Crippen LogP contribution in [0.3, 0.4) is 0 Å². The minimum Gasteiger partial charge on any atom is -0.495 e. The third kappa shape index (κ3) is 4.50. The SMILES string of the molecule is COc1ccc(-c2nc3cc(C)c(C)cc3o2)cc1NC(=O)c1ccc(-c2cc(Cl)ccc2Cl)o1. The van der Waals surface area contributed by atoms with E-state index in [1.54, 1.807) is 42.5 Å². The molecule has 0 radical (unpaired) electrons. The van der Waals surface area contributed by atoms with Gasteiger partial charge in [-0.05, 0) is 85.6 Å². The van der Waals surface area contributed by atoms with Crippen molar-refractivity contribution < 1.29 is 18.4 Å². The van der Waals surface area contributed by atoms with Crippen molar-refractivity contribution in [2.24, 2.45) is 0 Å². The lowest BCUT2D eigenvalue weighted by Crippen LogP contribution is -2.11. The van der Waals surface area contributed by atoms with E-state index in [1.807, 2.05) is 32.0 Å². The summed E-state index contributed by atoms with van der Waals surface area (Å²) in [6.45, 7) is 4.06. The van der Waals surface area contributed by atoms with Crippen LogP contribution in [0.15, 0.2) is 69.5 Å². The van der Waals surface area contributed by atoms with E-state index in [-0.39, 0.29) is 5.76 Å². The Morgan fingerprint density at radius 3 is 2.54 bits per heavy atom. The van der Waals surface area contributed by atoms with Gasteiger partial charge < -0.3 is 18.9 Å². The highest BCUT2D eigenvalue weighted by atomic mass is 35.5. The molecule has 0 bridgehead atoms. The second-order valence-electron chi connectivity index (χ2n) is 8.08. The highest BCUT2D eigenvalue weighted by Crippen LogP contribution is 2.34. The summed E-state index contributed by atoms with van der Waals surface area (Å²) < 4.78 is 17.2. The number of anilines is 1. The number of halogens is 2. The number of rotatable bonds is 5. The number of oxazole rings is 1. The van der Waals surface area contributed by atoms with Gasteiger partial charge in [-0.15, -0.1) is 0 Å². The first-order valence-corrected chi connectivity index (χ1v) is 11.5. The van der Waals surface area contributed by atoms with Gasteiger partial charge in [0.15, 0.2) is 11.3 Å². The number of nitrogens with one attached hydrogen (secondary N) is 1. The van der Waals surface area contributed by atoms with Crippen molar-refractivity contribution in [2.45, 2.75) is 13.8 Å². The second-order valence-corrected chi connectivity index (χ2v) is 8.92. The van der Waals surface area contributed by atoms with Crippen LogP contribution >= 0.6 is 23.2 Å². The van der Waals surface area contributed by atoms with Gasteiger partial charge in [0.1, 0.15) is 17.0 Å². The van der Waals surface area contributed by atoms with Crippen LogP contribution in [0.2, 0.25) is 10.0 Å². The molecule has 0 saturated carbocycles. The van der Waals surface area contributed by atoms with Crippen LogP contribution < -0.4 is 10.1 Å². The second kappa shape index (κ2) is 9.13. The van der Waals surface area contributed by atoms with Crippen LogP contribution in [0.5, 0.6) is 5.75 Å². The van der Waals surface area contributed by atoms with Gasteiger partial charge in [0, 0.05) is 16.1 Å². The number of carbonyl (C=O) groups is 1. The summed E-state index contributed by atoms with van der Waals surface area (Å²) in [4.78, 5) is 17.6. The lowest BCUT2D eigenvalue weighted by Gasteiger charge is -2.10. The Morgan fingerprint density at radius 1 is 0.943 bits per heavy atom. The number of fused-ring (bicyclic) bond motifs is 1. The number of hydrogen-bond donors (Lipinski definition) is 1. The maximum absolute atomic E-state index is 13.0. The first-order valence-electron chi connectivity index (χ1n) is 10.7. The molecule has 1 N–H and O–H groups in total. The molecule has 0 saturated heterocycles. The number of benzene rings is 3. The van der Waals surface area contributed by atoms with Gasteiger partial charge >= 0.3 is 0 Å². The van der Waals surface area contributed by atoms with E-state index in [0.717, 1.165) is 16.6 Å². The van der Waals surface area contributed by atoms with Crippen LogP contribution in [-0.4, -0.2) is 18.0 Å². The van der Waals surface area contributed by atoms with E-state index < -0.39 is 5.91 Å². The summed E-state index contributed by atoms with van der Waals surface area (Å²) >= 11 is 12.3. The number of aromatic nitrogens is 1. The third-order valence-electron chi connectivity index (χ3n) is 5.72. The third-order valence-corrected chi connectivity index (χ3v) is 6.29. The van der Waals surface area contributed by atoms with Gasteiger partial charge in [0.2, 0.25) is 5.89 Å². The predicted molar refractivity (Wildman–Crippen MR) is 138 cm³/mol. The molecule has 35 heavy (non-hydrogen) atoms. The molecule has 1 amide bonds. The van der Waals surface area contributed by atoms with E-state index in [4.69, 9.17) is 36.8 Å². The Morgan fingerprint density at radius 2 is 1.74 bits per heavy atom. The number of nitrogens with zero attached hydrogens (tertiary/aromatic N) is 1. The summed E-state index contributed by atoms with van der Waals surface area (Å²) in [5, 5.41) is 3.82. The van der Waals surface area contributed by atoms with Gasteiger partial charge in [0.05, 0.1) is 17.8 Å². The van der Waals surface area contributed by atoms with Crippen molar-refractivity contribution >= 4 is 45.9 Å². The van der Waals surface area contributed by atoms with Gasteiger partial charge in [-0.3, -0.25) is 4.79 Å². The van der Waals surface area contributed by atoms with Crippen molar-refractivity contribution in [3.63, 3.8) is 0 Å². The first kappa shape index (κ1) is 23.0. The van der Waals surface area contributed by atoms with Gasteiger partial charge in [-0.2, -0.15) is 0 Å². The van der Waals surface area contributed by atoms with E-state index in [9.17, 15) is 4.79 Å². The standard InChI is InChI=1S/C27H20Cl2N2O4/c1-14-10-20-25(11-15(14)2)35-27(31-20)16-4-7-23(33-3)21(12-16)30-26(32)24-9-8-22(34-24)18-13-17(28)5-6-19(18)29/h4-13H,1-3H3,(H,30,32). The highest BCUT2D eigenvalue weighted by Gasteiger charge is 2.18. The molecule has 0 aliphatic heterocycles. The Hall–Kier alpha value is -3.74. The quantitative estimate of drug-likeness (QED) is 0.261. The number of carbonyl (C=O) groups excluding carboxylic acids is 1. The summed E-state index contributed by atoms with van der Waals surface area (Å²) in [7, 11) is 1.53. The Kier molecular flexibility index (Phi) is 6.01. The van der Waals surface area contributed by atoms with Crippen molar-refractivity contribution in [2.75, 3.05) is 12.4 Å². The summed E-state index contributed by atoms with van der Waals surface area (Å²) in [5.74, 6) is 1.01. The normalized spacial score (nSPS) is 11.1. The molecule has 8 heteroatoms. The number of amides is 1. The monoisotopic (exact) mass is 506 g/mol. The van der Waals surface area contributed by atoms with Gasteiger partial charge in [-0.1, -0.05) is 23.2 Å². The molecule has 2 aromatic heterocycles. The molecule has 3 aromatic carbocycles. The molecule has 0 spiro atoms. The summed E-state index contributed by atoms with van der Waals surface area (Å²) in [5.41, 5.74) is 5.47. The van der Waals surface area contributed by atoms with E-state index >= 15 is 0 Å². The lowest BCUT2D eigenvalue weighted by atomic mass is 10.1. The molecule has 5 rings (SSSR count). The van der Waals surface area contributed by atoms with Crippen LogP contribution in [-0.2, 0) is 0 Å². The van der Waals surface area contributed by atoms with E-state index in [1.165, 1.54) is 7.11 Å². The van der Waals surface area contributed by atoms with Crippen molar-refractivity contribution in [1.82, 2.24) is 4.98 Å².